The number of ether oxygens (including phenoxy) is 1. The van der Waals surface area contributed by atoms with Crippen LogP contribution in [0, 0.1) is 5.82 Å². The molecule has 4 nitrogen and oxygen atoms in total. The van der Waals surface area contributed by atoms with E-state index in [1.165, 1.54) is 24.4 Å². The number of nitrogens with zero attached hydrogens (tertiary/aromatic N) is 1. The number of esters is 1. The van der Waals surface area contributed by atoms with E-state index in [9.17, 15) is 9.18 Å². The van der Waals surface area contributed by atoms with Crippen molar-refractivity contribution >= 4 is 12.0 Å². The van der Waals surface area contributed by atoms with Crippen LogP contribution in [0.3, 0.4) is 0 Å². The maximum Gasteiger partial charge on any atom is 0.330 e. The quantitative estimate of drug-likeness (QED) is 0.619. The zero-order chi connectivity index (χ0) is 12.0. The van der Waals surface area contributed by atoms with Crippen molar-refractivity contribution in [1.82, 2.24) is 4.98 Å². The van der Waals surface area contributed by atoms with Gasteiger partial charge in [0.05, 0.1) is 13.2 Å². The summed E-state index contributed by atoms with van der Waals surface area (Å²) in [7, 11) is 0. The molecule has 5 heteroatoms. The van der Waals surface area contributed by atoms with Gasteiger partial charge in [-0.3, -0.25) is 4.98 Å². The minimum atomic E-state index is -0.603. The summed E-state index contributed by atoms with van der Waals surface area (Å²) in [6, 6.07) is 1.19. The number of aliphatic hydroxyl groups is 1. The highest BCUT2D eigenvalue weighted by Crippen LogP contribution is 2.08. The van der Waals surface area contributed by atoms with Crippen molar-refractivity contribution in [1.29, 1.82) is 0 Å². The Labute approximate surface area is 92.4 Å². The molecular weight excluding hydrogens is 213 g/mol. The standard InChI is InChI=1S/C11H12FNO3/c1-2-16-11(15)4-3-8-5-9(12)10(7-14)13-6-8/h3-6,14H,2,7H2,1H3/b4-3+. The van der Waals surface area contributed by atoms with E-state index in [0.29, 0.717) is 12.2 Å². The average Bonchev–Trinajstić information content (AvgIpc) is 2.27. The first-order valence-corrected chi connectivity index (χ1v) is 4.77. The Hall–Kier alpha value is -1.75. The molecule has 0 saturated carbocycles. The van der Waals surface area contributed by atoms with Crippen LogP contribution in [0.4, 0.5) is 4.39 Å². The average molecular weight is 225 g/mol. The Balaban J connectivity index is 2.75. The summed E-state index contributed by atoms with van der Waals surface area (Å²) >= 11 is 0. The molecule has 0 aliphatic carbocycles. The first-order valence-electron chi connectivity index (χ1n) is 4.77. The number of hydrogen-bond donors (Lipinski definition) is 1. The summed E-state index contributed by atoms with van der Waals surface area (Å²) < 4.78 is 17.8. The van der Waals surface area contributed by atoms with Gasteiger partial charge in [0.1, 0.15) is 11.5 Å². The lowest BCUT2D eigenvalue weighted by Crippen LogP contribution is -1.99. The van der Waals surface area contributed by atoms with Crippen molar-refractivity contribution < 1.29 is 19.0 Å². The van der Waals surface area contributed by atoms with Crippen LogP contribution in [0.2, 0.25) is 0 Å². The van der Waals surface area contributed by atoms with Crippen molar-refractivity contribution in [3.05, 3.63) is 35.4 Å². The molecule has 0 spiro atoms. The number of carbonyl (C=O) groups is 1. The summed E-state index contributed by atoms with van der Waals surface area (Å²) in [5.41, 5.74) is 0.413. The first kappa shape index (κ1) is 12.3. The molecule has 0 aliphatic heterocycles. The molecule has 16 heavy (non-hydrogen) atoms. The summed E-state index contributed by atoms with van der Waals surface area (Å²) in [6.07, 6.45) is 3.96. The highest BCUT2D eigenvalue weighted by atomic mass is 19.1. The Kier molecular flexibility index (Phi) is 4.60. The van der Waals surface area contributed by atoms with Crippen LogP contribution in [0.5, 0.6) is 0 Å². The minimum Gasteiger partial charge on any atom is -0.463 e. The van der Waals surface area contributed by atoms with Crippen molar-refractivity contribution in [2.45, 2.75) is 13.5 Å². The van der Waals surface area contributed by atoms with E-state index in [1.54, 1.807) is 6.92 Å². The molecule has 0 fully saturated rings. The normalized spacial score (nSPS) is 10.7. The minimum absolute atomic E-state index is 0.0201. The molecule has 1 aromatic rings. The molecule has 0 aromatic carbocycles. The van der Waals surface area contributed by atoms with Crippen molar-refractivity contribution in [2.75, 3.05) is 6.61 Å². The summed E-state index contributed by atoms with van der Waals surface area (Å²) in [5, 5.41) is 8.70. The van der Waals surface area contributed by atoms with E-state index in [1.807, 2.05) is 0 Å². The fraction of sp³-hybridized carbons (Fsp3) is 0.273. The fourth-order valence-corrected chi connectivity index (χ4v) is 1.04. The Morgan fingerprint density at radius 2 is 2.44 bits per heavy atom. The molecule has 0 atom stereocenters. The van der Waals surface area contributed by atoms with Crippen LogP contribution in [0.25, 0.3) is 6.08 Å². The Morgan fingerprint density at radius 1 is 1.69 bits per heavy atom. The number of halogens is 1. The van der Waals surface area contributed by atoms with Gasteiger partial charge in [-0.1, -0.05) is 0 Å². The van der Waals surface area contributed by atoms with Gasteiger partial charge in [0.25, 0.3) is 0 Å². The van der Waals surface area contributed by atoms with Crippen LogP contribution in [-0.2, 0) is 16.1 Å². The smallest absolute Gasteiger partial charge is 0.330 e. The first-order chi connectivity index (χ1) is 7.67. The van der Waals surface area contributed by atoms with Gasteiger partial charge in [0.2, 0.25) is 0 Å². The van der Waals surface area contributed by atoms with Crippen LogP contribution >= 0.6 is 0 Å². The highest BCUT2D eigenvalue weighted by Gasteiger charge is 2.02. The van der Waals surface area contributed by atoms with Crippen LogP contribution in [0.1, 0.15) is 18.2 Å². The molecule has 0 unspecified atom stereocenters. The number of aromatic nitrogens is 1. The van der Waals surface area contributed by atoms with E-state index in [2.05, 4.69) is 9.72 Å². The molecule has 1 N–H and O–H groups in total. The molecule has 1 heterocycles. The van der Waals surface area contributed by atoms with Crippen molar-refractivity contribution in [2.24, 2.45) is 0 Å². The van der Waals surface area contributed by atoms with Gasteiger partial charge in [-0.25, -0.2) is 9.18 Å². The van der Waals surface area contributed by atoms with Gasteiger partial charge in [-0.2, -0.15) is 0 Å². The molecule has 0 bridgehead atoms. The third kappa shape index (κ3) is 3.43. The van der Waals surface area contributed by atoms with Gasteiger partial charge in [-0.05, 0) is 24.6 Å². The van der Waals surface area contributed by atoms with Gasteiger partial charge in [0.15, 0.2) is 0 Å². The second-order valence-electron chi connectivity index (χ2n) is 2.94. The maximum absolute atomic E-state index is 13.2. The van der Waals surface area contributed by atoms with Crippen LogP contribution in [0.15, 0.2) is 18.3 Å². The van der Waals surface area contributed by atoms with Crippen LogP contribution < -0.4 is 0 Å². The number of hydrogen-bond acceptors (Lipinski definition) is 4. The topological polar surface area (TPSA) is 59.4 Å². The third-order valence-corrected chi connectivity index (χ3v) is 1.79. The van der Waals surface area contributed by atoms with Crippen molar-refractivity contribution in [3.63, 3.8) is 0 Å². The lowest BCUT2D eigenvalue weighted by molar-refractivity contribution is -0.137. The molecule has 1 rings (SSSR count). The van der Waals surface area contributed by atoms with Gasteiger partial charge >= 0.3 is 5.97 Å². The largest absolute Gasteiger partial charge is 0.463 e. The highest BCUT2D eigenvalue weighted by molar-refractivity contribution is 5.86. The number of rotatable bonds is 4. The number of aliphatic hydroxyl groups excluding tert-OH is 1. The monoisotopic (exact) mass is 225 g/mol. The summed E-state index contributed by atoms with van der Waals surface area (Å²) in [6.45, 7) is 1.54. The second-order valence-corrected chi connectivity index (χ2v) is 2.94. The van der Waals surface area contributed by atoms with E-state index in [0.717, 1.165) is 0 Å². The zero-order valence-corrected chi connectivity index (χ0v) is 8.81. The van der Waals surface area contributed by atoms with Crippen molar-refractivity contribution in [3.8, 4) is 0 Å². The van der Waals surface area contributed by atoms with E-state index < -0.39 is 18.4 Å². The van der Waals surface area contributed by atoms with E-state index >= 15 is 0 Å². The third-order valence-electron chi connectivity index (χ3n) is 1.79. The zero-order valence-electron chi connectivity index (χ0n) is 8.81. The van der Waals surface area contributed by atoms with Gasteiger partial charge in [0, 0.05) is 12.3 Å². The molecule has 0 saturated heterocycles. The summed E-state index contributed by atoms with van der Waals surface area (Å²) in [4.78, 5) is 14.7. The molecule has 0 aliphatic rings. The number of carbonyl (C=O) groups excluding carboxylic acids is 1. The SMILES string of the molecule is CCOC(=O)/C=C/c1cnc(CO)c(F)c1. The Morgan fingerprint density at radius 3 is 3.00 bits per heavy atom. The lowest BCUT2D eigenvalue weighted by Gasteiger charge is -1.99. The summed E-state index contributed by atoms with van der Waals surface area (Å²) in [5.74, 6) is -1.09. The maximum atomic E-state index is 13.2. The Bertz CT molecular complexity index is 404. The predicted molar refractivity (Wildman–Crippen MR) is 55.8 cm³/mol. The van der Waals surface area contributed by atoms with Crippen LogP contribution in [-0.4, -0.2) is 22.7 Å². The second kappa shape index (κ2) is 5.97. The molecule has 86 valence electrons. The molecular formula is C11H12FNO3. The van der Waals surface area contributed by atoms with Gasteiger partial charge in [-0.15, -0.1) is 0 Å². The van der Waals surface area contributed by atoms with E-state index in [4.69, 9.17) is 5.11 Å². The predicted octanol–water partition coefficient (Wildman–Crippen LogP) is 1.29. The van der Waals surface area contributed by atoms with E-state index in [-0.39, 0.29) is 5.69 Å². The number of pyridine rings is 1. The molecule has 0 amide bonds. The molecule has 0 radical (unpaired) electrons. The lowest BCUT2D eigenvalue weighted by atomic mass is 10.2. The van der Waals surface area contributed by atoms with Gasteiger partial charge < -0.3 is 9.84 Å². The fourth-order valence-electron chi connectivity index (χ4n) is 1.04. The molecule has 1 aromatic heterocycles.